The minimum atomic E-state index is -0.0836. The second-order valence-electron chi connectivity index (χ2n) is 6.21. The molecule has 0 saturated heterocycles. The smallest absolute Gasteiger partial charge is 0.265 e. The summed E-state index contributed by atoms with van der Waals surface area (Å²) in [4.78, 5) is 17.9. The van der Waals surface area contributed by atoms with Crippen molar-refractivity contribution in [2.24, 2.45) is 0 Å². The molecule has 6 heteroatoms. The molecule has 0 aliphatic carbocycles. The topological polar surface area (TPSA) is 65.8 Å². The number of benzene rings is 1. The van der Waals surface area contributed by atoms with E-state index in [4.69, 9.17) is 9.40 Å². The molecule has 0 aliphatic rings. The van der Waals surface area contributed by atoms with E-state index in [2.05, 4.69) is 12.0 Å². The lowest BCUT2D eigenvalue weighted by atomic mass is 10.2. The Balaban J connectivity index is 1.93. The Morgan fingerprint density at radius 3 is 2.65 bits per heavy atom. The first-order valence-corrected chi connectivity index (χ1v) is 8.87. The number of hydrogen-bond acceptors (Lipinski definition) is 4. The van der Waals surface area contributed by atoms with Gasteiger partial charge in [0, 0.05) is 6.54 Å². The van der Waals surface area contributed by atoms with Crippen molar-refractivity contribution in [3.63, 3.8) is 0 Å². The molecule has 0 spiro atoms. The number of para-hydroxylation sites is 1. The van der Waals surface area contributed by atoms with Gasteiger partial charge in [-0.25, -0.2) is 9.67 Å². The lowest BCUT2D eigenvalue weighted by molar-refractivity contribution is 0.548. The molecule has 3 aromatic heterocycles. The summed E-state index contributed by atoms with van der Waals surface area (Å²) in [5.74, 6) is 1.13. The third-order valence-electron chi connectivity index (χ3n) is 4.41. The van der Waals surface area contributed by atoms with Crippen molar-refractivity contribution >= 4 is 11.0 Å². The Morgan fingerprint density at radius 1 is 1.08 bits per heavy atom. The number of aromatic nitrogens is 4. The maximum Gasteiger partial charge on any atom is 0.265 e. The Kier molecular flexibility index (Phi) is 4.39. The van der Waals surface area contributed by atoms with Crippen LogP contribution < -0.4 is 5.56 Å². The van der Waals surface area contributed by atoms with Gasteiger partial charge in [-0.1, -0.05) is 38.0 Å². The number of fused-ring (bicyclic) bond motifs is 1. The first kappa shape index (κ1) is 16.3. The zero-order valence-corrected chi connectivity index (χ0v) is 14.6. The van der Waals surface area contributed by atoms with Crippen molar-refractivity contribution in [1.29, 1.82) is 0 Å². The van der Waals surface area contributed by atoms with Crippen LogP contribution in [0.5, 0.6) is 0 Å². The van der Waals surface area contributed by atoms with Crippen molar-refractivity contribution < 1.29 is 4.42 Å². The van der Waals surface area contributed by atoms with Crippen LogP contribution in [0.3, 0.4) is 0 Å². The number of nitrogens with zero attached hydrogens (tertiary/aromatic N) is 4. The summed E-state index contributed by atoms with van der Waals surface area (Å²) in [5, 5.41) is 4.91. The predicted molar refractivity (Wildman–Crippen MR) is 100 cm³/mol. The van der Waals surface area contributed by atoms with E-state index in [1.165, 1.54) is 0 Å². The van der Waals surface area contributed by atoms with Gasteiger partial charge in [0.1, 0.15) is 5.39 Å². The molecule has 3 heterocycles. The standard InChI is InChI=1S/C20H20N4O2/c1-2-3-7-12-23-19(17-11-8-13-26-17)22-18-16(20(23)25)14-21-24(18)15-9-5-4-6-10-15/h4-6,8-11,13-14H,2-3,7,12H2,1H3. The molecule has 0 unspecified atom stereocenters. The molecule has 0 radical (unpaired) electrons. The van der Waals surface area contributed by atoms with Crippen molar-refractivity contribution in [1.82, 2.24) is 19.3 Å². The van der Waals surface area contributed by atoms with Gasteiger partial charge in [0.15, 0.2) is 17.2 Å². The molecule has 0 fully saturated rings. The van der Waals surface area contributed by atoms with Crippen LogP contribution >= 0.6 is 0 Å². The van der Waals surface area contributed by atoms with Gasteiger partial charge in [-0.15, -0.1) is 0 Å². The largest absolute Gasteiger partial charge is 0.461 e. The summed E-state index contributed by atoms with van der Waals surface area (Å²) >= 11 is 0. The minimum Gasteiger partial charge on any atom is -0.461 e. The second kappa shape index (κ2) is 7.00. The van der Waals surface area contributed by atoms with E-state index < -0.39 is 0 Å². The number of hydrogen-bond donors (Lipinski definition) is 0. The zero-order valence-electron chi connectivity index (χ0n) is 14.6. The highest BCUT2D eigenvalue weighted by atomic mass is 16.3. The van der Waals surface area contributed by atoms with Gasteiger partial charge in [-0.05, 0) is 30.7 Å². The molecule has 0 amide bonds. The predicted octanol–water partition coefficient (Wildman–Crippen LogP) is 4.03. The number of furan rings is 1. The van der Waals surface area contributed by atoms with Gasteiger partial charge in [-0.3, -0.25) is 9.36 Å². The van der Waals surface area contributed by atoms with Crippen LogP contribution in [0, 0.1) is 0 Å². The van der Waals surface area contributed by atoms with Gasteiger partial charge < -0.3 is 4.42 Å². The summed E-state index contributed by atoms with van der Waals surface area (Å²) < 4.78 is 8.94. The monoisotopic (exact) mass is 348 g/mol. The number of unbranched alkanes of at least 4 members (excludes halogenated alkanes) is 2. The van der Waals surface area contributed by atoms with E-state index >= 15 is 0 Å². The average molecular weight is 348 g/mol. The molecule has 132 valence electrons. The maximum absolute atomic E-state index is 13.1. The summed E-state index contributed by atoms with van der Waals surface area (Å²) in [6.07, 6.45) is 6.26. The van der Waals surface area contributed by atoms with Crippen LogP contribution in [0.4, 0.5) is 0 Å². The summed E-state index contributed by atoms with van der Waals surface area (Å²) in [7, 11) is 0. The molecule has 0 atom stereocenters. The Labute approximate surface area is 150 Å². The molecular weight excluding hydrogens is 328 g/mol. The third kappa shape index (κ3) is 2.83. The Morgan fingerprint density at radius 2 is 1.92 bits per heavy atom. The van der Waals surface area contributed by atoms with E-state index in [-0.39, 0.29) is 5.56 Å². The minimum absolute atomic E-state index is 0.0836. The van der Waals surface area contributed by atoms with Gasteiger partial charge >= 0.3 is 0 Å². The molecule has 26 heavy (non-hydrogen) atoms. The first-order valence-electron chi connectivity index (χ1n) is 8.87. The van der Waals surface area contributed by atoms with E-state index in [1.807, 2.05) is 36.4 Å². The van der Waals surface area contributed by atoms with Crippen molar-refractivity contribution in [3.8, 4) is 17.3 Å². The van der Waals surface area contributed by atoms with Crippen molar-refractivity contribution in [2.75, 3.05) is 0 Å². The fraction of sp³-hybridized carbons (Fsp3) is 0.250. The van der Waals surface area contributed by atoms with Crippen LogP contribution in [0.15, 0.2) is 64.1 Å². The van der Waals surface area contributed by atoms with Gasteiger partial charge in [-0.2, -0.15) is 5.10 Å². The van der Waals surface area contributed by atoms with Crippen molar-refractivity contribution in [3.05, 3.63) is 65.3 Å². The highest BCUT2D eigenvalue weighted by Gasteiger charge is 2.18. The van der Waals surface area contributed by atoms with E-state index in [0.717, 1.165) is 24.9 Å². The van der Waals surface area contributed by atoms with E-state index in [1.54, 1.807) is 27.8 Å². The summed E-state index contributed by atoms with van der Waals surface area (Å²) in [6.45, 7) is 2.75. The number of rotatable bonds is 6. The molecule has 0 aliphatic heterocycles. The zero-order chi connectivity index (χ0) is 17.9. The summed E-state index contributed by atoms with van der Waals surface area (Å²) in [6, 6.07) is 13.3. The maximum atomic E-state index is 13.1. The average Bonchev–Trinajstić information content (AvgIpc) is 3.34. The van der Waals surface area contributed by atoms with Crippen LogP contribution in [0.2, 0.25) is 0 Å². The van der Waals surface area contributed by atoms with Crippen LogP contribution in [-0.4, -0.2) is 19.3 Å². The van der Waals surface area contributed by atoms with E-state index in [9.17, 15) is 4.79 Å². The highest BCUT2D eigenvalue weighted by molar-refractivity contribution is 5.77. The highest BCUT2D eigenvalue weighted by Crippen LogP contribution is 2.21. The Bertz CT molecular complexity index is 1060. The van der Waals surface area contributed by atoms with Gasteiger partial charge in [0.2, 0.25) is 0 Å². The molecule has 1 aromatic carbocycles. The molecule has 4 aromatic rings. The van der Waals surface area contributed by atoms with Crippen LogP contribution in [0.25, 0.3) is 28.3 Å². The fourth-order valence-electron chi connectivity index (χ4n) is 3.08. The van der Waals surface area contributed by atoms with Gasteiger partial charge in [0.05, 0.1) is 18.1 Å². The molecule has 4 rings (SSSR count). The fourth-order valence-corrected chi connectivity index (χ4v) is 3.08. The molecule has 6 nitrogen and oxygen atoms in total. The first-order chi connectivity index (χ1) is 12.8. The van der Waals surface area contributed by atoms with E-state index in [0.29, 0.717) is 29.2 Å². The van der Waals surface area contributed by atoms with Crippen LogP contribution in [-0.2, 0) is 6.54 Å². The lowest BCUT2D eigenvalue weighted by Crippen LogP contribution is -2.23. The normalized spacial score (nSPS) is 11.3. The van der Waals surface area contributed by atoms with Crippen LogP contribution in [0.1, 0.15) is 26.2 Å². The van der Waals surface area contributed by atoms with Gasteiger partial charge in [0.25, 0.3) is 5.56 Å². The molecular formula is C20H20N4O2. The summed E-state index contributed by atoms with van der Waals surface area (Å²) in [5.41, 5.74) is 1.32. The SMILES string of the molecule is CCCCCn1c(-c2ccco2)nc2c(cnn2-c2ccccc2)c1=O. The quantitative estimate of drug-likeness (QED) is 0.493. The molecule has 0 N–H and O–H groups in total. The van der Waals surface area contributed by atoms with Crippen molar-refractivity contribution in [2.45, 2.75) is 32.7 Å². The Hall–Kier alpha value is -3.15. The second-order valence-corrected chi connectivity index (χ2v) is 6.21. The molecule has 0 bridgehead atoms. The molecule has 0 saturated carbocycles. The lowest BCUT2D eigenvalue weighted by Gasteiger charge is -2.11. The third-order valence-corrected chi connectivity index (χ3v) is 4.41.